The van der Waals surface area contributed by atoms with Crippen LogP contribution in [0.15, 0.2) is 35.3 Å². The maximum Gasteiger partial charge on any atom is 0.157 e. The third kappa shape index (κ3) is 3.27. The van der Waals surface area contributed by atoms with Crippen molar-refractivity contribution in [3.63, 3.8) is 0 Å². The standard InChI is InChI=1S/C25H29N3O/c1-7-8-9-11-19-14-16(4)27-28-23(17(5)26-25(19)28)22-18(6)29-24-20(15(2)3)12-10-13-21(22)24/h10,12-14H,2,7-9,11H2,1,3-6H3. The average molecular weight is 388 g/mol. The topological polar surface area (TPSA) is 43.3 Å². The molecule has 0 aliphatic heterocycles. The minimum Gasteiger partial charge on any atom is -0.460 e. The Hall–Kier alpha value is -2.88. The second kappa shape index (κ2) is 7.51. The van der Waals surface area contributed by atoms with Crippen LogP contribution in [0.2, 0.25) is 0 Å². The summed E-state index contributed by atoms with van der Waals surface area (Å²) in [4.78, 5) is 4.94. The van der Waals surface area contributed by atoms with Gasteiger partial charge in [-0.05, 0) is 57.7 Å². The van der Waals surface area contributed by atoms with Crippen molar-refractivity contribution in [3.05, 3.63) is 59.1 Å². The van der Waals surface area contributed by atoms with Crippen LogP contribution < -0.4 is 0 Å². The van der Waals surface area contributed by atoms with Crippen molar-refractivity contribution in [1.82, 2.24) is 14.6 Å². The normalized spacial score (nSPS) is 11.6. The molecule has 0 aliphatic carbocycles. The Balaban J connectivity index is 1.98. The van der Waals surface area contributed by atoms with Crippen LogP contribution >= 0.6 is 0 Å². The van der Waals surface area contributed by atoms with Gasteiger partial charge >= 0.3 is 0 Å². The average Bonchev–Trinajstić information content (AvgIpc) is 3.16. The number of allylic oxidation sites excluding steroid dienone is 1. The number of hydrogen-bond acceptors (Lipinski definition) is 3. The Bertz CT molecular complexity index is 1230. The van der Waals surface area contributed by atoms with E-state index in [1.54, 1.807) is 0 Å². The molecule has 3 heterocycles. The fourth-order valence-electron chi connectivity index (χ4n) is 4.23. The fraction of sp³-hybridized carbons (Fsp3) is 0.360. The number of imidazole rings is 1. The first kappa shape index (κ1) is 19.4. The molecular weight excluding hydrogens is 358 g/mol. The maximum atomic E-state index is 6.23. The lowest BCUT2D eigenvalue weighted by Gasteiger charge is -2.07. The molecule has 0 radical (unpaired) electrons. The molecule has 150 valence electrons. The van der Waals surface area contributed by atoms with Crippen LogP contribution in [0.5, 0.6) is 0 Å². The lowest BCUT2D eigenvalue weighted by Crippen LogP contribution is -2.01. The van der Waals surface area contributed by atoms with E-state index in [0.717, 1.165) is 62.6 Å². The van der Waals surface area contributed by atoms with E-state index >= 15 is 0 Å². The lowest BCUT2D eigenvalue weighted by atomic mass is 10.0. The van der Waals surface area contributed by atoms with E-state index in [-0.39, 0.29) is 0 Å². The summed E-state index contributed by atoms with van der Waals surface area (Å²) in [6.07, 6.45) is 4.65. The molecule has 0 atom stereocenters. The van der Waals surface area contributed by atoms with Gasteiger partial charge in [-0.25, -0.2) is 9.50 Å². The van der Waals surface area contributed by atoms with E-state index in [2.05, 4.69) is 51.6 Å². The number of benzene rings is 1. The van der Waals surface area contributed by atoms with Crippen LogP contribution in [0.1, 0.15) is 61.4 Å². The minimum absolute atomic E-state index is 0.884. The monoisotopic (exact) mass is 387 g/mol. The number of nitrogens with zero attached hydrogens (tertiary/aromatic N) is 3. The predicted molar refractivity (Wildman–Crippen MR) is 120 cm³/mol. The molecule has 4 rings (SSSR count). The van der Waals surface area contributed by atoms with Crippen molar-refractivity contribution in [3.8, 4) is 11.3 Å². The summed E-state index contributed by atoms with van der Waals surface area (Å²) in [5.41, 5.74) is 9.25. The highest BCUT2D eigenvalue weighted by atomic mass is 16.3. The summed E-state index contributed by atoms with van der Waals surface area (Å²) in [5.74, 6) is 0.884. The Labute approximate surface area is 172 Å². The number of fused-ring (bicyclic) bond motifs is 2. The van der Waals surface area contributed by atoms with Crippen molar-refractivity contribution < 1.29 is 4.42 Å². The van der Waals surface area contributed by atoms with Gasteiger partial charge in [0.1, 0.15) is 11.3 Å². The highest BCUT2D eigenvalue weighted by Crippen LogP contribution is 2.39. The SMILES string of the molecule is C=C(C)c1cccc2c(-c3c(C)nc4c(CCCCC)cc(C)nn34)c(C)oc12. The van der Waals surface area contributed by atoms with Gasteiger partial charge in [-0.1, -0.05) is 44.5 Å². The van der Waals surface area contributed by atoms with Crippen LogP contribution in [0.3, 0.4) is 0 Å². The molecule has 0 bridgehead atoms. The van der Waals surface area contributed by atoms with Gasteiger partial charge in [0.15, 0.2) is 5.65 Å². The Morgan fingerprint density at radius 1 is 1.17 bits per heavy atom. The van der Waals surface area contributed by atoms with Crippen LogP contribution in [0, 0.1) is 20.8 Å². The Kier molecular flexibility index (Phi) is 5.03. The molecule has 0 N–H and O–H groups in total. The number of aryl methyl sites for hydroxylation is 4. The number of rotatable bonds is 6. The second-order valence-corrected chi connectivity index (χ2v) is 8.05. The van der Waals surface area contributed by atoms with E-state index in [1.807, 2.05) is 18.4 Å². The van der Waals surface area contributed by atoms with Crippen molar-refractivity contribution >= 4 is 22.2 Å². The van der Waals surface area contributed by atoms with Crippen molar-refractivity contribution in [2.75, 3.05) is 0 Å². The molecule has 4 nitrogen and oxygen atoms in total. The fourth-order valence-corrected chi connectivity index (χ4v) is 4.23. The van der Waals surface area contributed by atoms with Gasteiger partial charge in [-0.15, -0.1) is 0 Å². The minimum atomic E-state index is 0.884. The first-order chi connectivity index (χ1) is 13.9. The molecule has 0 unspecified atom stereocenters. The molecule has 0 saturated heterocycles. The predicted octanol–water partition coefficient (Wildman–Crippen LogP) is 6.83. The third-order valence-electron chi connectivity index (χ3n) is 5.59. The van der Waals surface area contributed by atoms with Crippen molar-refractivity contribution in [2.45, 2.75) is 60.3 Å². The molecule has 4 aromatic rings. The number of aromatic nitrogens is 3. The van der Waals surface area contributed by atoms with Crippen LogP contribution in [0.4, 0.5) is 0 Å². The van der Waals surface area contributed by atoms with Crippen molar-refractivity contribution in [1.29, 1.82) is 0 Å². The zero-order valence-electron chi connectivity index (χ0n) is 18.1. The van der Waals surface area contributed by atoms with E-state index in [1.165, 1.54) is 24.8 Å². The number of unbranched alkanes of at least 4 members (excludes halogenated alkanes) is 2. The summed E-state index contributed by atoms with van der Waals surface area (Å²) < 4.78 is 8.25. The molecule has 1 aromatic carbocycles. The van der Waals surface area contributed by atoms with E-state index in [0.29, 0.717) is 0 Å². The van der Waals surface area contributed by atoms with Gasteiger partial charge in [0.2, 0.25) is 0 Å². The number of hydrogen-bond donors (Lipinski definition) is 0. The molecule has 0 spiro atoms. The van der Waals surface area contributed by atoms with Crippen LogP contribution in [-0.4, -0.2) is 14.6 Å². The molecule has 29 heavy (non-hydrogen) atoms. The van der Waals surface area contributed by atoms with Gasteiger partial charge in [0.25, 0.3) is 0 Å². The molecule has 0 fully saturated rings. The third-order valence-corrected chi connectivity index (χ3v) is 5.59. The molecule has 3 aromatic heterocycles. The van der Waals surface area contributed by atoms with Crippen LogP contribution in [0.25, 0.3) is 33.4 Å². The quantitative estimate of drug-likeness (QED) is 0.340. The lowest BCUT2D eigenvalue weighted by molar-refractivity contribution is 0.578. The zero-order valence-corrected chi connectivity index (χ0v) is 18.1. The largest absolute Gasteiger partial charge is 0.460 e. The summed E-state index contributed by atoms with van der Waals surface area (Å²) in [6.45, 7) is 14.5. The van der Waals surface area contributed by atoms with Gasteiger partial charge in [0, 0.05) is 10.9 Å². The molecule has 0 amide bonds. The molecule has 0 aliphatic rings. The summed E-state index contributed by atoms with van der Waals surface area (Å²) in [6, 6.07) is 8.43. The smallest absolute Gasteiger partial charge is 0.157 e. The van der Waals surface area contributed by atoms with Gasteiger partial charge in [0.05, 0.1) is 22.6 Å². The highest BCUT2D eigenvalue weighted by molar-refractivity contribution is 6.00. The van der Waals surface area contributed by atoms with E-state index in [4.69, 9.17) is 14.5 Å². The van der Waals surface area contributed by atoms with Gasteiger partial charge in [-0.2, -0.15) is 5.10 Å². The van der Waals surface area contributed by atoms with Gasteiger partial charge < -0.3 is 4.42 Å². The first-order valence-electron chi connectivity index (χ1n) is 10.5. The van der Waals surface area contributed by atoms with Crippen LogP contribution in [-0.2, 0) is 6.42 Å². The highest BCUT2D eigenvalue weighted by Gasteiger charge is 2.23. The maximum absolute atomic E-state index is 6.23. The summed E-state index contributed by atoms with van der Waals surface area (Å²) in [5, 5.41) is 5.93. The summed E-state index contributed by atoms with van der Waals surface area (Å²) in [7, 11) is 0. The van der Waals surface area contributed by atoms with Gasteiger partial charge in [-0.3, -0.25) is 0 Å². The second-order valence-electron chi connectivity index (χ2n) is 8.05. The zero-order chi connectivity index (χ0) is 20.7. The number of para-hydroxylation sites is 1. The first-order valence-corrected chi connectivity index (χ1v) is 10.5. The Morgan fingerprint density at radius 2 is 1.97 bits per heavy atom. The molecule has 4 heteroatoms. The summed E-state index contributed by atoms with van der Waals surface area (Å²) >= 11 is 0. The Morgan fingerprint density at radius 3 is 2.69 bits per heavy atom. The molecule has 0 saturated carbocycles. The van der Waals surface area contributed by atoms with E-state index < -0.39 is 0 Å². The molecular formula is C25H29N3O. The van der Waals surface area contributed by atoms with E-state index in [9.17, 15) is 0 Å². The number of furan rings is 1. The van der Waals surface area contributed by atoms with Crippen molar-refractivity contribution in [2.24, 2.45) is 0 Å².